The van der Waals surface area contributed by atoms with Crippen molar-refractivity contribution in [2.45, 2.75) is 38.0 Å². The lowest BCUT2D eigenvalue weighted by molar-refractivity contribution is -0.113. The van der Waals surface area contributed by atoms with E-state index in [-0.39, 0.29) is 22.8 Å². The minimum absolute atomic E-state index is 0.0950. The Labute approximate surface area is 150 Å². The van der Waals surface area contributed by atoms with Gasteiger partial charge in [0.25, 0.3) is 5.56 Å². The highest BCUT2D eigenvalue weighted by atomic mass is 32.2. The molecule has 1 aromatic carbocycles. The van der Waals surface area contributed by atoms with Gasteiger partial charge in [0, 0.05) is 5.56 Å². The van der Waals surface area contributed by atoms with E-state index in [1.807, 2.05) is 28.9 Å². The average Bonchev–Trinajstić information content (AvgIpc) is 2.82. The van der Waals surface area contributed by atoms with Crippen LogP contribution < -0.4 is 15.6 Å². The minimum Gasteiger partial charge on any atom is -0.496 e. The maximum absolute atomic E-state index is 12.8. The molecule has 6 nitrogen and oxygen atoms in total. The third-order valence-electron chi connectivity index (χ3n) is 4.59. The number of carbonyl (C=O) groups excluding carboxylic acids is 1. The van der Waals surface area contributed by atoms with Crippen molar-refractivity contribution in [1.29, 1.82) is 0 Å². The van der Waals surface area contributed by atoms with E-state index in [1.54, 1.807) is 7.11 Å². The lowest BCUT2D eigenvalue weighted by Crippen LogP contribution is -2.19. The van der Waals surface area contributed by atoms with Gasteiger partial charge >= 0.3 is 0 Å². The highest BCUT2D eigenvalue weighted by Gasteiger charge is 2.32. The summed E-state index contributed by atoms with van der Waals surface area (Å²) in [5.41, 5.74) is 1.33. The van der Waals surface area contributed by atoms with Crippen molar-refractivity contribution in [1.82, 2.24) is 9.78 Å². The standard InChI is InChI=1S/C18H23N3O3S/c1-4-11(5-2)21-17-15(18(23)20-21)16(25-10-14(22)19-17)12-8-6-7-9-13(12)24-3/h6-9,11,16H,4-5,10H2,1-3H3,(H,19,22)(H,20,23). The number of H-pyrrole nitrogens is 1. The number of amides is 1. The van der Waals surface area contributed by atoms with Crippen LogP contribution in [0.1, 0.15) is 49.1 Å². The van der Waals surface area contributed by atoms with Gasteiger partial charge < -0.3 is 10.1 Å². The molecule has 0 saturated carbocycles. The van der Waals surface area contributed by atoms with Crippen LogP contribution in [0.5, 0.6) is 5.75 Å². The van der Waals surface area contributed by atoms with Gasteiger partial charge in [-0.1, -0.05) is 32.0 Å². The quantitative estimate of drug-likeness (QED) is 0.856. The number of nitrogens with zero attached hydrogens (tertiary/aromatic N) is 1. The molecule has 0 radical (unpaired) electrons. The summed E-state index contributed by atoms with van der Waals surface area (Å²) in [6.07, 6.45) is 1.74. The molecule has 1 aliphatic rings. The SMILES string of the molecule is CCC(CC)n1[nH]c(=O)c2c1NC(=O)CSC2c1ccccc1OC. The molecule has 0 saturated heterocycles. The number of benzene rings is 1. The minimum atomic E-state index is -0.260. The van der Waals surface area contributed by atoms with Crippen molar-refractivity contribution in [3.63, 3.8) is 0 Å². The zero-order valence-electron chi connectivity index (χ0n) is 14.7. The molecule has 25 heavy (non-hydrogen) atoms. The molecule has 7 heteroatoms. The second-order valence-corrected chi connectivity index (χ2v) is 7.12. The molecule has 2 N–H and O–H groups in total. The molecule has 1 aromatic heterocycles. The van der Waals surface area contributed by atoms with E-state index in [0.717, 1.165) is 24.2 Å². The number of ether oxygens (including phenoxy) is 1. The summed E-state index contributed by atoms with van der Waals surface area (Å²) in [5, 5.41) is 5.60. The molecule has 1 aliphatic heterocycles. The molecule has 0 bridgehead atoms. The van der Waals surface area contributed by atoms with Gasteiger partial charge in [-0.05, 0) is 18.9 Å². The van der Waals surface area contributed by atoms with Gasteiger partial charge in [0.2, 0.25) is 5.91 Å². The van der Waals surface area contributed by atoms with E-state index in [2.05, 4.69) is 24.3 Å². The summed E-state index contributed by atoms with van der Waals surface area (Å²) in [6.45, 7) is 4.15. The monoisotopic (exact) mass is 361 g/mol. The summed E-state index contributed by atoms with van der Waals surface area (Å²) in [5.74, 6) is 1.50. The summed E-state index contributed by atoms with van der Waals surface area (Å²) in [7, 11) is 1.62. The van der Waals surface area contributed by atoms with Crippen molar-refractivity contribution in [3.05, 3.63) is 45.7 Å². The number of nitrogens with one attached hydrogen (secondary N) is 2. The fourth-order valence-electron chi connectivity index (χ4n) is 3.30. The van der Waals surface area contributed by atoms with Crippen LogP contribution in [-0.2, 0) is 4.79 Å². The van der Waals surface area contributed by atoms with Crippen LogP contribution in [0.2, 0.25) is 0 Å². The number of carbonyl (C=O) groups is 1. The van der Waals surface area contributed by atoms with Gasteiger partial charge in [0.05, 0.1) is 29.7 Å². The third-order valence-corrected chi connectivity index (χ3v) is 5.84. The van der Waals surface area contributed by atoms with Gasteiger partial charge in [-0.15, -0.1) is 11.8 Å². The van der Waals surface area contributed by atoms with Crippen LogP contribution in [0, 0.1) is 0 Å². The van der Waals surface area contributed by atoms with Gasteiger partial charge in [-0.3, -0.25) is 19.4 Å². The predicted octanol–water partition coefficient (Wildman–Crippen LogP) is 3.32. The van der Waals surface area contributed by atoms with Crippen LogP contribution in [0.25, 0.3) is 0 Å². The van der Waals surface area contributed by atoms with Gasteiger partial charge in [-0.25, -0.2) is 0 Å². The smallest absolute Gasteiger partial charge is 0.270 e. The second-order valence-electron chi connectivity index (χ2n) is 6.02. The first kappa shape index (κ1) is 17.7. The Morgan fingerprint density at radius 1 is 1.28 bits per heavy atom. The molecule has 0 spiro atoms. The normalized spacial score (nSPS) is 17.1. The summed E-state index contributed by atoms with van der Waals surface area (Å²) >= 11 is 1.45. The molecule has 1 amide bonds. The molecule has 134 valence electrons. The Bertz CT molecular complexity index is 823. The summed E-state index contributed by atoms with van der Waals surface area (Å²) in [4.78, 5) is 25.0. The molecule has 0 fully saturated rings. The number of aromatic amines is 1. The van der Waals surface area contributed by atoms with E-state index in [9.17, 15) is 9.59 Å². The molecular formula is C18H23N3O3S. The molecule has 2 heterocycles. The van der Waals surface area contributed by atoms with E-state index in [0.29, 0.717) is 17.1 Å². The lowest BCUT2D eigenvalue weighted by atomic mass is 10.0. The highest BCUT2D eigenvalue weighted by Crippen LogP contribution is 2.43. The van der Waals surface area contributed by atoms with Crippen molar-refractivity contribution >= 4 is 23.5 Å². The van der Waals surface area contributed by atoms with Gasteiger partial charge in [0.15, 0.2) is 0 Å². The maximum atomic E-state index is 12.8. The lowest BCUT2D eigenvalue weighted by Gasteiger charge is -2.19. The highest BCUT2D eigenvalue weighted by molar-refractivity contribution is 8.00. The fraction of sp³-hybridized carbons (Fsp3) is 0.444. The Morgan fingerprint density at radius 2 is 2.00 bits per heavy atom. The Hall–Kier alpha value is -2.15. The summed E-state index contributed by atoms with van der Waals surface area (Å²) in [6, 6.07) is 7.78. The molecular weight excluding hydrogens is 338 g/mol. The number of fused-ring (bicyclic) bond motifs is 1. The second kappa shape index (κ2) is 7.39. The van der Waals surface area contributed by atoms with Crippen LogP contribution in [0.3, 0.4) is 0 Å². The molecule has 3 rings (SSSR count). The number of para-hydroxylation sites is 1. The van der Waals surface area contributed by atoms with Crippen molar-refractivity contribution in [2.24, 2.45) is 0 Å². The zero-order chi connectivity index (χ0) is 18.0. The Kier molecular flexibility index (Phi) is 5.22. The van der Waals surface area contributed by atoms with E-state index >= 15 is 0 Å². The topological polar surface area (TPSA) is 76.1 Å². The van der Waals surface area contributed by atoms with E-state index in [1.165, 1.54) is 11.8 Å². The molecule has 1 unspecified atom stereocenters. The number of anilines is 1. The fourth-order valence-corrected chi connectivity index (χ4v) is 4.45. The van der Waals surface area contributed by atoms with Crippen LogP contribution in [0.4, 0.5) is 5.82 Å². The number of methoxy groups -OCH3 is 1. The van der Waals surface area contributed by atoms with Gasteiger partial charge in [-0.2, -0.15) is 0 Å². The van der Waals surface area contributed by atoms with E-state index in [4.69, 9.17) is 4.74 Å². The van der Waals surface area contributed by atoms with Crippen LogP contribution >= 0.6 is 11.8 Å². The molecule has 1 atom stereocenters. The molecule has 0 aliphatic carbocycles. The number of hydrogen-bond donors (Lipinski definition) is 2. The number of hydrogen-bond acceptors (Lipinski definition) is 4. The number of aromatic nitrogens is 2. The first-order valence-corrected chi connectivity index (χ1v) is 9.54. The first-order valence-electron chi connectivity index (χ1n) is 8.49. The van der Waals surface area contributed by atoms with Crippen LogP contribution in [-0.4, -0.2) is 28.6 Å². The Morgan fingerprint density at radius 3 is 2.68 bits per heavy atom. The van der Waals surface area contributed by atoms with Gasteiger partial charge in [0.1, 0.15) is 11.6 Å². The predicted molar refractivity (Wildman–Crippen MR) is 101 cm³/mol. The first-order chi connectivity index (χ1) is 12.1. The molecule has 2 aromatic rings. The Balaban J connectivity index is 2.19. The van der Waals surface area contributed by atoms with Crippen molar-refractivity contribution in [2.75, 3.05) is 18.2 Å². The maximum Gasteiger partial charge on any atom is 0.270 e. The van der Waals surface area contributed by atoms with Crippen molar-refractivity contribution in [3.8, 4) is 5.75 Å². The average molecular weight is 361 g/mol. The number of thioether (sulfide) groups is 1. The number of rotatable bonds is 5. The zero-order valence-corrected chi connectivity index (χ0v) is 15.5. The van der Waals surface area contributed by atoms with Crippen molar-refractivity contribution < 1.29 is 9.53 Å². The largest absolute Gasteiger partial charge is 0.496 e. The van der Waals surface area contributed by atoms with E-state index < -0.39 is 0 Å². The van der Waals surface area contributed by atoms with Crippen LogP contribution in [0.15, 0.2) is 29.1 Å². The third kappa shape index (κ3) is 3.20. The summed E-state index contributed by atoms with van der Waals surface area (Å²) < 4.78 is 7.30.